The van der Waals surface area contributed by atoms with Crippen LogP contribution < -0.4 is 4.90 Å². The minimum atomic E-state index is -1.28. The van der Waals surface area contributed by atoms with Crippen LogP contribution >= 0.6 is 0 Å². The summed E-state index contributed by atoms with van der Waals surface area (Å²) < 4.78 is 0. The highest BCUT2D eigenvalue weighted by Gasteiger charge is 2.43. The minimum absolute atomic E-state index is 0.173. The Morgan fingerprint density at radius 2 is 2.05 bits per heavy atom. The summed E-state index contributed by atoms with van der Waals surface area (Å²) in [5.74, 6) is -1.28. The van der Waals surface area contributed by atoms with Gasteiger partial charge in [-0.15, -0.1) is 0 Å². The molecule has 0 fully saturated rings. The second kappa shape index (κ2) is 4.35. The van der Waals surface area contributed by atoms with Crippen molar-refractivity contribution in [3.63, 3.8) is 0 Å². The number of fused-ring (bicyclic) bond motifs is 1. The number of aliphatic carboxylic acids is 1. The maximum absolute atomic E-state index is 12.1. The molecule has 0 aromatic heterocycles. The van der Waals surface area contributed by atoms with Crippen LogP contribution in [0, 0.1) is 0 Å². The Bertz CT molecular complexity index is 548. The molecule has 0 saturated heterocycles. The van der Waals surface area contributed by atoms with Crippen molar-refractivity contribution >= 4 is 17.6 Å². The zero-order valence-electron chi connectivity index (χ0n) is 11.2. The molecule has 102 valence electrons. The first-order chi connectivity index (χ1) is 8.75. The third-order valence-corrected chi connectivity index (χ3v) is 3.50. The lowest BCUT2D eigenvalue weighted by molar-refractivity contribution is -0.143. The number of amides is 1. The van der Waals surface area contributed by atoms with Gasteiger partial charge in [0.15, 0.2) is 0 Å². The number of carboxylic acid groups (broad SMARTS) is 1. The number of aliphatic hydroxyl groups excluding tert-OH is 1. The number of aliphatic hydroxyl groups is 1. The molecule has 1 aliphatic rings. The molecule has 19 heavy (non-hydrogen) atoms. The third-order valence-electron chi connectivity index (χ3n) is 3.50. The largest absolute Gasteiger partial charge is 0.480 e. The van der Waals surface area contributed by atoms with E-state index in [1.807, 2.05) is 0 Å². The molecule has 5 nitrogen and oxygen atoms in total. The summed E-state index contributed by atoms with van der Waals surface area (Å²) in [5.41, 5.74) is 0.815. The van der Waals surface area contributed by atoms with Crippen molar-refractivity contribution in [2.75, 3.05) is 4.90 Å². The van der Waals surface area contributed by atoms with E-state index in [2.05, 4.69) is 0 Å². The van der Waals surface area contributed by atoms with Gasteiger partial charge < -0.3 is 10.2 Å². The van der Waals surface area contributed by atoms with E-state index in [1.54, 1.807) is 25.1 Å². The fourth-order valence-corrected chi connectivity index (χ4v) is 2.31. The van der Waals surface area contributed by atoms with Gasteiger partial charge >= 0.3 is 5.97 Å². The molecule has 1 unspecified atom stereocenters. The molecule has 0 bridgehead atoms. The molecule has 1 aromatic rings. The van der Waals surface area contributed by atoms with Crippen LogP contribution in [0.1, 0.15) is 38.0 Å². The van der Waals surface area contributed by atoms with Gasteiger partial charge in [-0.25, -0.2) is 4.79 Å². The highest BCUT2D eigenvalue weighted by Crippen LogP contribution is 2.36. The number of hydrogen-bond acceptors (Lipinski definition) is 3. The molecule has 5 heteroatoms. The first-order valence-corrected chi connectivity index (χ1v) is 6.12. The summed E-state index contributed by atoms with van der Waals surface area (Å²) in [4.78, 5) is 24.7. The molecule has 1 aromatic carbocycles. The fourth-order valence-electron chi connectivity index (χ4n) is 2.31. The molecule has 0 saturated carbocycles. The second-order valence-electron chi connectivity index (χ2n) is 5.33. The summed E-state index contributed by atoms with van der Waals surface area (Å²) in [6.45, 7) is 4.66. The quantitative estimate of drug-likeness (QED) is 0.866. The van der Waals surface area contributed by atoms with Crippen molar-refractivity contribution in [3.05, 3.63) is 29.3 Å². The third kappa shape index (κ3) is 2.10. The Hall–Kier alpha value is -1.88. The SMILES string of the molecule is CC(O)c1ccc2c(c1)CC(=O)N2C(C)(C)C(=O)O. The van der Waals surface area contributed by atoms with E-state index in [9.17, 15) is 19.8 Å². The van der Waals surface area contributed by atoms with E-state index in [-0.39, 0.29) is 12.3 Å². The first kappa shape index (κ1) is 13.5. The Morgan fingerprint density at radius 1 is 1.42 bits per heavy atom. The standard InChI is InChI=1S/C14H17NO4/c1-8(16)9-4-5-11-10(6-9)7-12(17)15(11)14(2,3)13(18)19/h4-6,8,16H,7H2,1-3H3,(H,18,19). The summed E-state index contributed by atoms with van der Waals surface area (Å²) >= 11 is 0. The summed E-state index contributed by atoms with van der Waals surface area (Å²) in [7, 11) is 0. The maximum atomic E-state index is 12.1. The van der Waals surface area contributed by atoms with Crippen LogP contribution in [0.3, 0.4) is 0 Å². The number of anilines is 1. The molecule has 2 rings (SSSR count). The minimum Gasteiger partial charge on any atom is -0.480 e. The van der Waals surface area contributed by atoms with Crippen molar-refractivity contribution in [2.24, 2.45) is 0 Å². The molecular formula is C14H17NO4. The smallest absolute Gasteiger partial charge is 0.329 e. The van der Waals surface area contributed by atoms with Gasteiger partial charge in [0.25, 0.3) is 0 Å². The average Bonchev–Trinajstić information content (AvgIpc) is 2.63. The number of carbonyl (C=O) groups is 2. The lowest BCUT2D eigenvalue weighted by Crippen LogP contribution is -2.51. The van der Waals surface area contributed by atoms with Crippen molar-refractivity contribution in [2.45, 2.75) is 38.8 Å². The normalized spacial score (nSPS) is 16.4. The van der Waals surface area contributed by atoms with E-state index < -0.39 is 17.6 Å². The van der Waals surface area contributed by atoms with Gasteiger partial charge in [0.2, 0.25) is 5.91 Å². The molecule has 0 spiro atoms. The molecule has 0 aliphatic carbocycles. The van der Waals surface area contributed by atoms with E-state index in [4.69, 9.17) is 0 Å². The fraction of sp³-hybridized carbons (Fsp3) is 0.429. The van der Waals surface area contributed by atoms with E-state index in [0.29, 0.717) is 5.69 Å². The van der Waals surface area contributed by atoms with Crippen molar-refractivity contribution in [1.82, 2.24) is 0 Å². The molecule has 1 aliphatic heterocycles. The molecule has 1 atom stereocenters. The topological polar surface area (TPSA) is 77.8 Å². The lowest BCUT2D eigenvalue weighted by Gasteiger charge is -2.32. The van der Waals surface area contributed by atoms with Crippen molar-refractivity contribution in [3.8, 4) is 0 Å². The van der Waals surface area contributed by atoms with Gasteiger partial charge in [-0.3, -0.25) is 9.69 Å². The van der Waals surface area contributed by atoms with Crippen LogP contribution in [0.5, 0.6) is 0 Å². The van der Waals surface area contributed by atoms with Crippen LogP contribution in [-0.2, 0) is 16.0 Å². The molecule has 0 radical (unpaired) electrons. The Balaban J connectivity index is 2.49. The molecule has 1 amide bonds. The summed E-state index contributed by atoms with van der Waals surface area (Å²) in [6, 6.07) is 5.18. The van der Waals surface area contributed by atoms with Crippen molar-refractivity contribution < 1.29 is 19.8 Å². The van der Waals surface area contributed by atoms with E-state index in [1.165, 1.54) is 18.7 Å². The first-order valence-electron chi connectivity index (χ1n) is 6.12. The summed E-state index contributed by atoms with van der Waals surface area (Å²) in [5, 5.41) is 18.8. The van der Waals surface area contributed by atoms with E-state index >= 15 is 0 Å². The summed E-state index contributed by atoms with van der Waals surface area (Å²) in [6.07, 6.45) is -0.436. The van der Waals surface area contributed by atoms with Crippen LogP contribution in [0.25, 0.3) is 0 Å². The Kier molecular flexibility index (Phi) is 3.10. The molecular weight excluding hydrogens is 246 g/mol. The highest BCUT2D eigenvalue weighted by atomic mass is 16.4. The number of carbonyl (C=O) groups excluding carboxylic acids is 1. The number of rotatable bonds is 3. The van der Waals surface area contributed by atoms with Crippen LogP contribution in [-0.4, -0.2) is 27.6 Å². The number of benzene rings is 1. The van der Waals surface area contributed by atoms with Crippen LogP contribution in [0.4, 0.5) is 5.69 Å². The zero-order chi connectivity index (χ0) is 14.4. The van der Waals surface area contributed by atoms with Crippen LogP contribution in [0.2, 0.25) is 0 Å². The van der Waals surface area contributed by atoms with Gasteiger partial charge in [0.05, 0.1) is 12.5 Å². The number of carboxylic acids is 1. The van der Waals surface area contributed by atoms with Gasteiger partial charge in [0.1, 0.15) is 5.54 Å². The molecule has 1 heterocycles. The van der Waals surface area contributed by atoms with Gasteiger partial charge in [-0.1, -0.05) is 12.1 Å². The second-order valence-corrected chi connectivity index (χ2v) is 5.33. The predicted octanol–water partition coefficient (Wildman–Crippen LogP) is 1.49. The highest BCUT2D eigenvalue weighted by molar-refractivity contribution is 6.07. The number of hydrogen-bond donors (Lipinski definition) is 2. The van der Waals surface area contributed by atoms with Gasteiger partial charge in [-0.05, 0) is 38.0 Å². The van der Waals surface area contributed by atoms with E-state index in [0.717, 1.165) is 11.1 Å². The Morgan fingerprint density at radius 3 is 2.58 bits per heavy atom. The monoisotopic (exact) mass is 263 g/mol. The van der Waals surface area contributed by atoms with Gasteiger partial charge in [-0.2, -0.15) is 0 Å². The van der Waals surface area contributed by atoms with Crippen molar-refractivity contribution in [1.29, 1.82) is 0 Å². The van der Waals surface area contributed by atoms with Gasteiger partial charge in [0, 0.05) is 5.69 Å². The lowest BCUT2D eigenvalue weighted by atomic mass is 10.0. The Labute approximate surface area is 111 Å². The average molecular weight is 263 g/mol. The number of nitrogens with zero attached hydrogens (tertiary/aromatic N) is 1. The molecule has 2 N–H and O–H groups in total. The maximum Gasteiger partial charge on any atom is 0.329 e. The zero-order valence-corrected chi connectivity index (χ0v) is 11.2. The predicted molar refractivity (Wildman–Crippen MR) is 70.0 cm³/mol. The van der Waals surface area contributed by atoms with Crippen LogP contribution in [0.15, 0.2) is 18.2 Å².